The lowest BCUT2D eigenvalue weighted by Gasteiger charge is -2.50. The third-order valence-corrected chi connectivity index (χ3v) is 6.20. The fourth-order valence-corrected chi connectivity index (χ4v) is 4.24. The van der Waals surface area contributed by atoms with Gasteiger partial charge in [-0.2, -0.15) is 0 Å². The molecule has 1 aromatic carbocycles. The van der Waals surface area contributed by atoms with Gasteiger partial charge in [-0.25, -0.2) is 0 Å². The van der Waals surface area contributed by atoms with Gasteiger partial charge in [0.1, 0.15) is 0 Å². The van der Waals surface area contributed by atoms with Crippen molar-refractivity contribution in [2.45, 2.75) is 57.3 Å². The maximum atomic E-state index is 5.07. The molecule has 21 heavy (non-hydrogen) atoms. The van der Waals surface area contributed by atoms with Gasteiger partial charge in [0.25, 0.3) is 0 Å². The Morgan fingerprint density at radius 3 is 2.05 bits per heavy atom. The highest BCUT2D eigenvalue weighted by molar-refractivity contribution is 14.1. The minimum absolute atomic E-state index is 0.0168. The molecule has 1 heterocycles. The van der Waals surface area contributed by atoms with Crippen LogP contribution in [0, 0.1) is 12.3 Å². The van der Waals surface area contributed by atoms with E-state index in [1.807, 2.05) is 0 Å². The zero-order valence-electron chi connectivity index (χ0n) is 14.2. The van der Waals surface area contributed by atoms with E-state index >= 15 is 0 Å². The van der Waals surface area contributed by atoms with Gasteiger partial charge in [-0.1, -0.05) is 74.6 Å². The van der Waals surface area contributed by atoms with Crippen LogP contribution in [0.15, 0.2) is 30.3 Å². The lowest BCUT2D eigenvalue weighted by Crippen LogP contribution is -2.50. The maximum absolute atomic E-state index is 5.07. The normalized spacial score (nSPS) is 16.0. The first-order valence-corrected chi connectivity index (χ1v) is 8.62. The van der Waals surface area contributed by atoms with E-state index in [0.29, 0.717) is 0 Å². The van der Waals surface area contributed by atoms with E-state index in [1.165, 1.54) is 16.6 Å². The molecule has 0 saturated heterocycles. The van der Waals surface area contributed by atoms with Crippen molar-refractivity contribution in [2.24, 2.45) is 5.41 Å². The van der Waals surface area contributed by atoms with Crippen LogP contribution < -0.4 is 0 Å². The highest BCUT2D eigenvalue weighted by Gasteiger charge is 2.50. The summed E-state index contributed by atoms with van der Waals surface area (Å²) in [5.41, 5.74) is 3.68. The number of pyridine rings is 1. The number of para-hydroxylation sites is 1. The summed E-state index contributed by atoms with van der Waals surface area (Å²) in [6.07, 6.45) is 0. The number of fused-ring (bicyclic) bond motifs is 1. The quantitative estimate of drug-likeness (QED) is 0.445. The van der Waals surface area contributed by atoms with E-state index in [0.717, 1.165) is 5.52 Å². The molecule has 1 aromatic heterocycles. The monoisotopic (exact) mass is 395 g/mol. The van der Waals surface area contributed by atoms with Crippen molar-refractivity contribution in [1.82, 2.24) is 4.98 Å². The smallest absolute Gasteiger partial charge is 0.0734 e. The van der Waals surface area contributed by atoms with Gasteiger partial charge in [-0.15, -0.1) is 0 Å². The lowest BCUT2D eigenvalue weighted by molar-refractivity contribution is 0.165. The number of alkyl halides is 1. The Labute approximate surface area is 142 Å². The molecule has 0 saturated carbocycles. The van der Waals surface area contributed by atoms with Crippen LogP contribution >= 0.6 is 22.6 Å². The summed E-state index contributed by atoms with van der Waals surface area (Å²) in [6, 6.07) is 10.8. The molecule has 0 spiro atoms. The van der Waals surface area contributed by atoms with Crippen LogP contribution in [0.1, 0.15) is 52.8 Å². The Hall–Kier alpha value is -0.640. The molecule has 0 aliphatic carbocycles. The first kappa shape index (κ1) is 16.7. The fraction of sp³-hybridized carbons (Fsp3) is 0.526. The van der Waals surface area contributed by atoms with E-state index in [2.05, 4.69) is 101 Å². The van der Waals surface area contributed by atoms with Crippen LogP contribution in [0.25, 0.3) is 10.9 Å². The van der Waals surface area contributed by atoms with Crippen molar-refractivity contribution < 1.29 is 0 Å². The van der Waals surface area contributed by atoms with Gasteiger partial charge in [-0.05, 0) is 37.8 Å². The predicted octanol–water partition coefficient (Wildman–Crippen LogP) is 6.06. The third-order valence-electron chi connectivity index (χ3n) is 5.12. The molecule has 114 valence electrons. The van der Waals surface area contributed by atoms with Crippen LogP contribution in [-0.2, 0) is 5.41 Å². The number of aryl methyl sites for hydroxylation is 1. The molecule has 2 heteroatoms. The van der Waals surface area contributed by atoms with Gasteiger partial charge in [0.15, 0.2) is 0 Å². The summed E-state index contributed by atoms with van der Waals surface area (Å²) < 4.78 is 0.104. The molecular formula is C19H26IN. The minimum Gasteiger partial charge on any atom is -0.252 e. The van der Waals surface area contributed by atoms with Crippen molar-refractivity contribution in [3.63, 3.8) is 0 Å². The van der Waals surface area contributed by atoms with Crippen molar-refractivity contribution in [1.29, 1.82) is 0 Å². The SMILES string of the molecule is Cc1cccc2ccc([C@](C)(C(C)(C)C)C(C)(C)I)nc12. The van der Waals surface area contributed by atoms with Crippen LogP contribution in [0.4, 0.5) is 0 Å². The van der Waals surface area contributed by atoms with Crippen molar-refractivity contribution >= 4 is 33.5 Å². The number of nitrogens with zero attached hydrogens (tertiary/aromatic N) is 1. The molecule has 1 atom stereocenters. The summed E-state index contributed by atoms with van der Waals surface area (Å²) in [4.78, 5) is 5.07. The van der Waals surface area contributed by atoms with Gasteiger partial charge in [-0.3, -0.25) is 4.98 Å². The van der Waals surface area contributed by atoms with E-state index in [1.54, 1.807) is 0 Å². The van der Waals surface area contributed by atoms with Crippen molar-refractivity contribution in [3.05, 3.63) is 41.6 Å². The summed E-state index contributed by atoms with van der Waals surface area (Å²) in [5.74, 6) is 0. The average molecular weight is 395 g/mol. The Morgan fingerprint density at radius 1 is 0.905 bits per heavy atom. The first-order valence-electron chi connectivity index (χ1n) is 7.54. The Bertz CT molecular complexity index is 645. The molecule has 0 bridgehead atoms. The Kier molecular flexibility index (Phi) is 4.16. The lowest BCUT2D eigenvalue weighted by atomic mass is 9.60. The first-order chi connectivity index (χ1) is 9.48. The van der Waals surface area contributed by atoms with E-state index in [9.17, 15) is 0 Å². The zero-order valence-corrected chi connectivity index (χ0v) is 16.4. The van der Waals surface area contributed by atoms with Gasteiger partial charge < -0.3 is 0 Å². The molecule has 1 nitrogen and oxygen atoms in total. The Balaban J connectivity index is 2.76. The number of hydrogen-bond donors (Lipinski definition) is 0. The van der Waals surface area contributed by atoms with Gasteiger partial charge in [0.2, 0.25) is 0 Å². The number of aromatic nitrogens is 1. The van der Waals surface area contributed by atoms with Gasteiger partial charge in [0, 0.05) is 19.9 Å². The van der Waals surface area contributed by atoms with Crippen LogP contribution in [0.2, 0.25) is 0 Å². The van der Waals surface area contributed by atoms with E-state index in [4.69, 9.17) is 4.98 Å². The van der Waals surface area contributed by atoms with E-state index in [-0.39, 0.29) is 14.3 Å². The second-order valence-corrected chi connectivity index (χ2v) is 10.4. The topological polar surface area (TPSA) is 12.9 Å². The second-order valence-electron chi connectivity index (χ2n) is 7.69. The number of halogens is 1. The molecule has 0 radical (unpaired) electrons. The number of rotatable bonds is 2. The molecule has 0 aliphatic rings. The van der Waals surface area contributed by atoms with Crippen LogP contribution in [0.5, 0.6) is 0 Å². The number of benzene rings is 1. The van der Waals surface area contributed by atoms with Crippen molar-refractivity contribution in [2.75, 3.05) is 0 Å². The van der Waals surface area contributed by atoms with E-state index < -0.39 is 0 Å². The average Bonchev–Trinajstić information content (AvgIpc) is 2.35. The Morgan fingerprint density at radius 2 is 1.52 bits per heavy atom. The predicted molar refractivity (Wildman–Crippen MR) is 101 cm³/mol. The second kappa shape index (κ2) is 5.22. The third kappa shape index (κ3) is 2.71. The van der Waals surface area contributed by atoms with Crippen LogP contribution in [0.3, 0.4) is 0 Å². The molecule has 0 fully saturated rings. The number of hydrogen-bond acceptors (Lipinski definition) is 1. The highest BCUT2D eigenvalue weighted by Crippen LogP contribution is 2.52. The summed E-state index contributed by atoms with van der Waals surface area (Å²) in [6.45, 7) is 16.1. The van der Waals surface area contributed by atoms with Crippen molar-refractivity contribution in [3.8, 4) is 0 Å². The highest BCUT2D eigenvalue weighted by atomic mass is 127. The molecule has 0 unspecified atom stereocenters. The minimum atomic E-state index is -0.0168. The summed E-state index contributed by atoms with van der Waals surface area (Å²) in [5, 5.41) is 1.22. The molecule has 2 rings (SSSR count). The molecule has 0 N–H and O–H groups in total. The van der Waals surface area contributed by atoms with Gasteiger partial charge >= 0.3 is 0 Å². The standard InChI is InChI=1S/C19H26IN/c1-13-9-8-10-14-11-12-15(21-16(13)14)19(7,17(2,3)4)18(5,6)20/h8-12H,1-7H3/t19-/m1/s1. The molecule has 2 aromatic rings. The maximum Gasteiger partial charge on any atom is 0.0734 e. The van der Waals surface area contributed by atoms with Crippen LogP contribution in [-0.4, -0.2) is 8.41 Å². The summed E-state index contributed by atoms with van der Waals surface area (Å²) in [7, 11) is 0. The molecule has 0 amide bonds. The fourth-order valence-electron chi connectivity index (χ4n) is 3.15. The molecule has 0 aliphatic heterocycles. The largest absolute Gasteiger partial charge is 0.252 e. The summed E-state index contributed by atoms with van der Waals surface area (Å²) >= 11 is 2.58. The molecular weight excluding hydrogens is 369 g/mol. The van der Waals surface area contributed by atoms with Gasteiger partial charge in [0.05, 0.1) is 5.52 Å². The zero-order chi connectivity index (χ0) is 16.1.